The van der Waals surface area contributed by atoms with Crippen LogP contribution in [0.4, 0.5) is 0 Å². The predicted octanol–water partition coefficient (Wildman–Crippen LogP) is 3.58. The van der Waals surface area contributed by atoms with Gasteiger partial charge in [0.05, 0.1) is 7.11 Å². The molecule has 0 bridgehead atoms. The van der Waals surface area contributed by atoms with Crippen molar-refractivity contribution >= 4 is 21.6 Å². The Morgan fingerprint density at radius 1 is 1.28 bits per heavy atom. The standard InChI is InChI=1S/C22H24ClN3O5S/c1-12-9-14-5-4-6-16(17(14)10-12)13(2)20(21-24-25-22(27)31-21)26-32(28,29)19-8-7-15(23)11-18(19)30-3/h4-8,11-13,20,26H,9-10H2,1-3H3,(H,25,27)/t12?,13-,20+/m1/s1. The van der Waals surface area contributed by atoms with Gasteiger partial charge < -0.3 is 9.15 Å². The quantitative estimate of drug-likeness (QED) is 0.537. The molecule has 0 saturated carbocycles. The Bertz CT molecular complexity index is 1300. The molecule has 170 valence electrons. The molecule has 2 aromatic carbocycles. The molecule has 8 nitrogen and oxygen atoms in total. The lowest BCUT2D eigenvalue weighted by Gasteiger charge is -2.25. The first-order chi connectivity index (χ1) is 15.2. The third-order valence-corrected chi connectivity index (χ3v) is 7.55. The fourth-order valence-electron chi connectivity index (χ4n) is 4.33. The second-order valence-electron chi connectivity index (χ2n) is 8.13. The Balaban J connectivity index is 1.77. The number of fused-ring (bicyclic) bond motifs is 1. The number of aromatic nitrogens is 2. The minimum Gasteiger partial charge on any atom is -0.495 e. The van der Waals surface area contributed by atoms with Gasteiger partial charge in [0.1, 0.15) is 16.7 Å². The monoisotopic (exact) mass is 477 g/mol. The highest BCUT2D eigenvalue weighted by atomic mass is 35.5. The summed E-state index contributed by atoms with van der Waals surface area (Å²) in [6.07, 6.45) is 1.89. The van der Waals surface area contributed by atoms with Gasteiger partial charge in [0, 0.05) is 17.0 Å². The molecule has 1 heterocycles. The summed E-state index contributed by atoms with van der Waals surface area (Å²) in [6.45, 7) is 4.08. The van der Waals surface area contributed by atoms with E-state index in [0.717, 1.165) is 18.4 Å². The molecule has 0 radical (unpaired) electrons. The molecule has 3 atom stereocenters. The number of H-pyrrole nitrogens is 1. The zero-order valence-corrected chi connectivity index (χ0v) is 19.5. The smallest absolute Gasteiger partial charge is 0.434 e. The minimum atomic E-state index is -4.09. The van der Waals surface area contributed by atoms with Crippen LogP contribution in [0.3, 0.4) is 0 Å². The van der Waals surface area contributed by atoms with Crippen LogP contribution in [0.5, 0.6) is 5.75 Å². The zero-order valence-electron chi connectivity index (χ0n) is 17.9. The van der Waals surface area contributed by atoms with Crippen molar-refractivity contribution in [2.24, 2.45) is 5.92 Å². The predicted molar refractivity (Wildman–Crippen MR) is 120 cm³/mol. The van der Waals surface area contributed by atoms with Gasteiger partial charge >= 0.3 is 5.76 Å². The van der Waals surface area contributed by atoms with Crippen LogP contribution in [-0.2, 0) is 22.9 Å². The van der Waals surface area contributed by atoms with E-state index in [-0.39, 0.29) is 22.5 Å². The van der Waals surface area contributed by atoms with Crippen LogP contribution < -0.4 is 15.2 Å². The fraction of sp³-hybridized carbons (Fsp3) is 0.364. The largest absolute Gasteiger partial charge is 0.495 e. The number of nitrogens with zero attached hydrogens (tertiary/aromatic N) is 1. The lowest BCUT2D eigenvalue weighted by molar-refractivity contribution is 0.378. The summed E-state index contributed by atoms with van der Waals surface area (Å²) in [4.78, 5) is 11.6. The molecule has 10 heteroatoms. The van der Waals surface area contributed by atoms with Gasteiger partial charge in [0.2, 0.25) is 15.9 Å². The molecule has 0 amide bonds. The number of hydrogen-bond donors (Lipinski definition) is 2. The van der Waals surface area contributed by atoms with Crippen LogP contribution in [0, 0.1) is 5.92 Å². The topological polar surface area (TPSA) is 114 Å². The first-order valence-corrected chi connectivity index (χ1v) is 12.1. The molecule has 1 aliphatic carbocycles. The third-order valence-electron chi connectivity index (χ3n) is 5.84. The van der Waals surface area contributed by atoms with Crippen molar-refractivity contribution in [3.05, 3.63) is 74.6 Å². The summed E-state index contributed by atoms with van der Waals surface area (Å²) < 4.78 is 39.8. The SMILES string of the molecule is COc1cc(Cl)ccc1S(=O)(=O)N[C@H](c1n[nH]c(=O)o1)[C@H](C)c1cccc2c1CC(C)C2. The van der Waals surface area contributed by atoms with Crippen molar-refractivity contribution in [1.29, 1.82) is 0 Å². The fourth-order valence-corrected chi connectivity index (χ4v) is 5.91. The second kappa shape index (κ2) is 8.73. The number of rotatable bonds is 7. The van der Waals surface area contributed by atoms with Gasteiger partial charge in [-0.15, -0.1) is 5.10 Å². The molecular weight excluding hydrogens is 454 g/mol. The van der Waals surface area contributed by atoms with Crippen LogP contribution in [0.25, 0.3) is 0 Å². The van der Waals surface area contributed by atoms with Crippen molar-refractivity contribution < 1.29 is 17.6 Å². The van der Waals surface area contributed by atoms with Gasteiger partial charge in [-0.1, -0.05) is 43.6 Å². The third kappa shape index (κ3) is 4.32. The van der Waals surface area contributed by atoms with E-state index in [1.807, 2.05) is 19.1 Å². The molecule has 1 aliphatic rings. The van der Waals surface area contributed by atoms with Gasteiger partial charge in [0.15, 0.2) is 0 Å². The number of halogens is 1. The van der Waals surface area contributed by atoms with Crippen LogP contribution in [0.15, 0.2) is 50.5 Å². The summed E-state index contributed by atoms with van der Waals surface area (Å²) in [5.74, 6) is -0.547. The number of methoxy groups -OCH3 is 1. The molecule has 1 unspecified atom stereocenters. The first-order valence-electron chi connectivity index (χ1n) is 10.2. The Kier molecular flexibility index (Phi) is 6.15. The van der Waals surface area contributed by atoms with Crippen LogP contribution >= 0.6 is 11.6 Å². The molecule has 0 fully saturated rings. The number of hydrogen-bond acceptors (Lipinski definition) is 6. The Morgan fingerprint density at radius 3 is 2.75 bits per heavy atom. The number of benzene rings is 2. The highest BCUT2D eigenvalue weighted by Crippen LogP contribution is 2.38. The van der Waals surface area contributed by atoms with E-state index in [9.17, 15) is 13.2 Å². The minimum absolute atomic E-state index is 0.0392. The molecular formula is C22H24ClN3O5S. The van der Waals surface area contributed by atoms with E-state index < -0.39 is 21.8 Å². The van der Waals surface area contributed by atoms with Crippen LogP contribution in [0.2, 0.25) is 5.02 Å². The van der Waals surface area contributed by atoms with E-state index in [4.69, 9.17) is 20.8 Å². The Hall–Kier alpha value is -2.62. The first kappa shape index (κ1) is 22.6. The average Bonchev–Trinajstić information content (AvgIpc) is 3.35. The summed E-state index contributed by atoms with van der Waals surface area (Å²) in [5.41, 5.74) is 3.46. The van der Waals surface area contributed by atoms with Crippen molar-refractivity contribution in [3.8, 4) is 5.75 Å². The van der Waals surface area contributed by atoms with Gasteiger partial charge in [-0.2, -0.15) is 4.72 Å². The number of sulfonamides is 1. The average molecular weight is 478 g/mol. The Morgan fingerprint density at radius 2 is 2.06 bits per heavy atom. The summed E-state index contributed by atoms with van der Waals surface area (Å²) in [6, 6.07) is 9.39. The van der Waals surface area contributed by atoms with Gasteiger partial charge in [0.25, 0.3) is 0 Å². The van der Waals surface area contributed by atoms with E-state index in [0.29, 0.717) is 10.9 Å². The maximum atomic E-state index is 13.3. The van der Waals surface area contributed by atoms with Gasteiger partial charge in [-0.05, 0) is 47.6 Å². The van der Waals surface area contributed by atoms with Crippen molar-refractivity contribution in [1.82, 2.24) is 14.9 Å². The van der Waals surface area contributed by atoms with Crippen LogP contribution in [-0.4, -0.2) is 25.7 Å². The highest BCUT2D eigenvalue weighted by Gasteiger charge is 2.34. The second-order valence-corrected chi connectivity index (χ2v) is 10.3. The summed E-state index contributed by atoms with van der Waals surface area (Å²) >= 11 is 5.99. The van der Waals surface area contributed by atoms with Crippen molar-refractivity contribution in [3.63, 3.8) is 0 Å². The normalized spacial score (nSPS) is 17.7. The maximum absolute atomic E-state index is 13.3. The number of ether oxygens (including phenoxy) is 1. The molecule has 3 aromatic rings. The van der Waals surface area contributed by atoms with Crippen molar-refractivity contribution in [2.75, 3.05) is 7.11 Å². The molecule has 0 aliphatic heterocycles. The molecule has 32 heavy (non-hydrogen) atoms. The highest BCUT2D eigenvalue weighted by molar-refractivity contribution is 7.89. The number of aromatic amines is 1. The van der Waals surface area contributed by atoms with E-state index >= 15 is 0 Å². The molecule has 2 N–H and O–H groups in total. The van der Waals surface area contributed by atoms with E-state index in [1.54, 1.807) is 0 Å². The molecule has 4 rings (SSSR count). The van der Waals surface area contributed by atoms with E-state index in [2.05, 4.69) is 27.9 Å². The summed E-state index contributed by atoms with van der Waals surface area (Å²) in [5, 5.41) is 6.49. The summed E-state index contributed by atoms with van der Waals surface area (Å²) in [7, 11) is -2.72. The maximum Gasteiger partial charge on any atom is 0.434 e. The van der Waals surface area contributed by atoms with Crippen molar-refractivity contribution in [2.45, 2.75) is 43.5 Å². The lowest BCUT2D eigenvalue weighted by atomic mass is 9.88. The molecule has 1 aromatic heterocycles. The molecule has 0 spiro atoms. The van der Waals surface area contributed by atoms with Crippen LogP contribution in [0.1, 0.15) is 48.4 Å². The van der Waals surface area contributed by atoms with Gasteiger partial charge in [-0.25, -0.2) is 18.3 Å². The Labute approximate surface area is 191 Å². The zero-order chi connectivity index (χ0) is 23.0. The lowest BCUT2D eigenvalue weighted by Crippen LogP contribution is -2.33. The van der Waals surface area contributed by atoms with Gasteiger partial charge in [-0.3, -0.25) is 0 Å². The number of nitrogens with one attached hydrogen (secondary N) is 2. The van der Waals surface area contributed by atoms with E-state index in [1.165, 1.54) is 36.4 Å². The molecule has 0 saturated heterocycles.